The van der Waals surface area contributed by atoms with Crippen LogP contribution in [0.1, 0.15) is 12.5 Å². The second-order valence-electron chi connectivity index (χ2n) is 6.08. The summed E-state index contributed by atoms with van der Waals surface area (Å²) in [5.41, 5.74) is 0.0895. The predicted molar refractivity (Wildman–Crippen MR) is 106 cm³/mol. The minimum atomic E-state index is -4.55. The minimum Gasteiger partial charge on any atom is -0.465 e. The third-order valence-corrected chi connectivity index (χ3v) is 3.84. The van der Waals surface area contributed by atoms with Crippen LogP contribution >= 0.6 is 0 Å². The smallest absolute Gasteiger partial charge is 0.419 e. The van der Waals surface area contributed by atoms with E-state index in [9.17, 15) is 13.2 Å². The van der Waals surface area contributed by atoms with Gasteiger partial charge in [0.15, 0.2) is 0 Å². The lowest BCUT2D eigenvalue weighted by atomic mass is 10.2. The summed E-state index contributed by atoms with van der Waals surface area (Å²) in [6.07, 6.45) is -3.15. The summed E-state index contributed by atoms with van der Waals surface area (Å²) in [6.45, 7) is 1.65. The lowest BCUT2D eigenvalue weighted by Crippen LogP contribution is -2.15. The molecule has 3 aromatic rings. The summed E-state index contributed by atoms with van der Waals surface area (Å²) >= 11 is 0. The molecule has 6 heteroatoms. The van der Waals surface area contributed by atoms with Gasteiger partial charge in [0.05, 0.1) is 17.5 Å². The summed E-state index contributed by atoms with van der Waals surface area (Å²) in [7, 11) is 0. The van der Waals surface area contributed by atoms with Crippen molar-refractivity contribution in [3.8, 4) is 11.5 Å². The van der Waals surface area contributed by atoms with E-state index in [1.165, 1.54) is 24.5 Å². The molecule has 0 aromatic heterocycles. The quantitative estimate of drug-likeness (QED) is 0.269. The number of para-hydroxylation sites is 3. The molecule has 0 saturated heterocycles. The van der Waals surface area contributed by atoms with Gasteiger partial charge >= 0.3 is 6.18 Å². The molecule has 0 unspecified atom stereocenters. The van der Waals surface area contributed by atoms with Crippen molar-refractivity contribution in [2.24, 2.45) is 4.99 Å². The van der Waals surface area contributed by atoms with E-state index in [0.29, 0.717) is 17.0 Å². The summed E-state index contributed by atoms with van der Waals surface area (Å²) in [4.78, 5) is 4.37. The fourth-order valence-corrected chi connectivity index (χ4v) is 2.41. The monoisotopic (exact) mass is 397 g/mol. The first-order chi connectivity index (χ1) is 13.9. The average molecular weight is 397 g/mol. The highest BCUT2D eigenvalue weighted by Gasteiger charge is 2.34. The van der Waals surface area contributed by atoms with Crippen molar-refractivity contribution in [2.75, 3.05) is 0 Å². The van der Waals surface area contributed by atoms with Crippen LogP contribution in [0.15, 0.2) is 102 Å². The summed E-state index contributed by atoms with van der Waals surface area (Å²) in [5.74, 6) is 0.257. The van der Waals surface area contributed by atoms with Crippen molar-refractivity contribution >= 4 is 11.6 Å². The molecule has 29 heavy (non-hydrogen) atoms. The van der Waals surface area contributed by atoms with E-state index in [1.807, 2.05) is 24.3 Å². The lowest BCUT2D eigenvalue weighted by Gasteiger charge is -2.15. The normalized spacial score (nSPS) is 12.6. The van der Waals surface area contributed by atoms with E-state index >= 15 is 0 Å². The number of benzene rings is 3. The number of ether oxygens (including phenoxy) is 2. The van der Waals surface area contributed by atoms with Gasteiger partial charge < -0.3 is 9.47 Å². The maximum Gasteiger partial charge on any atom is 0.419 e. The first-order valence-corrected chi connectivity index (χ1v) is 8.80. The highest BCUT2D eigenvalue weighted by Crippen LogP contribution is 2.36. The van der Waals surface area contributed by atoms with Gasteiger partial charge in [0.1, 0.15) is 11.5 Å². The first-order valence-electron chi connectivity index (χ1n) is 8.80. The predicted octanol–water partition coefficient (Wildman–Crippen LogP) is 6.80. The molecule has 0 saturated carbocycles. The van der Waals surface area contributed by atoms with Crippen LogP contribution in [0, 0.1) is 0 Å². The zero-order valence-electron chi connectivity index (χ0n) is 15.6. The Hall–Kier alpha value is -3.54. The van der Waals surface area contributed by atoms with Crippen molar-refractivity contribution in [1.82, 2.24) is 0 Å². The largest absolute Gasteiger partial charge is 0.465 e. The molecule has 0 radical (unpaired) electrons. The second kappa shape index (κ2) is 9.10. The number of hydrogen-bond acceptors (Lipinski definition) is 3. The van der Waals surface area contributed by atoms with E-state index in [1.54, 1.807) is 43.3 Å². The van der Waals surface area contributed by atoms with Gasteiger partial charge in [0, 0.05) is 5.57 Å². The molecule has 0 fully saturated rings. The molecule has 0 aliphatic heterocycles. The fraction of sp³-hybridized carbons (Fsp3) is 0.0870. The highest BCUT2D eigenvalue weighted by atomic mass is 19.4. The molecule has 0 aliphatic rings. The standard InChI is InChI=1S/C23H18F3NO2/c1-17(16-28-19-12-6-3-7-13-19)22(27-18-10-4-2-5-11-18)29-21-15-9-8-14-20(21)23(24,25)26/h2-16H,1H3/b17-16+,27-22-. The van der Waals surface area contributed by atoms with Gasteiger partial charge in [-0.2, -0.15) is 13.2 Å². The van der Waals surface area contributed by atoms with E-state index in [2.05, 4.69) is 4.99 Å². The summed E-state index contributed by atoms with van der Waals surface area (Å²) < 4.78 is 51.2. The molecule has 3 aromatic carbocycles. The first kappa shape index (κ1) is 20.2. The van der Waals surface area contributed by atoms with Crippen LogP contribution in [0.2, 0.25) is 0 Å². The molecule has 3 nitrogen and oxygen atoms in total. The van der Waals surface area contributed by atoms with Gasteiger partial charge in [-0.15, -0.1) is 0 Å². The molecule has 0 N–H and O–H groups in total. The summed E-state index contributed by atoms with van der Waals surface area (Å²) in [6, 6.07) is 22.8. The van der Waals surface area contributed by atoms with E-state index < -0.39 is 11.7 Å². The van der Waals surface area contributed by atoms with Crippen LogP contribution in [-0.4, -0.2) is 5.90 Å². The van der Waals surface area contributed by atoms with Crippen LogP contribution in [0.5, 0.6) is 11.5 Å². The van der Waals surface area contributed by atoms with Crippen molar-refractivity contribution in [3.63, 3.8) is 0 Å². The third-order valence-electron chi connectivity index (χ3n) is 3.84. The Morgan fingerprint density at radius 3 is 2.07 bits per heavy atom. The molecular formula is C23H18F3NO2. The number of aliphatic imine (C=N–C) groups is 1. The molecule has 0 aliphatic carbocycles. The minimum absolute atomic E-state index is 0.00355. The van der Waals surface area contributed by atoms with Gasteiger partial charge in [-0.3, -0.25) is 0 Å². The SMILES string of the molecule is CC(=C\Oc1ccccc1)/C(=N/c1ccccc1)Oc1ccccc1C(F)(F)F. The Morgan fingerprint density at radius 1 is 0.828 bits per heavy atom. The third kappa shape index (κ3) is 5.72. The van der Waals surface area contributed by atoms with Gasteiger partial charge in [-0.25, -0.2) is 4.99 Å². The van der Waals surface area contributed by atoms with Crippen LogP contribution in [0.25, 0.3) is 0 Å². The van der Waals surface area contributed by atoms with Crippen molar-refractivity contribution in [3.05, 3.63) is 102 Å². The van der Waals surface area contributed by atoms with Crippen molar-refractivity contribution in [2.45, 2.75) is 13.1 Å². The van der Waals surface area contributed by atoms with E-state index in [0.717, 1.165) is 6.07 Å². The number of hydrogen-bond donors (Lipinski definition) is 0. The van der Waals surface area contributed by atoms with Crippen LogP contribution in [0.3, 0.4) is 0 Å². The molecule has 0 bridgehead atoms. The van der Waals surface area contributed by atoms with Crippen LogP contribution < -0.4 is 9.47 Å². The van der Waals surface area contributed by atoms with Gasteiger partial charge in [-0.05, 0) is 43.3 Å². The molecule has 148 valence electrons. The number of halogens is 3. The molecule has 0 atom stereocenters. The topological polar surface area (TPSA) is 30.8 Å². The number of nitrogens with zero attached hydrogens (tertiary/aromatic N) is 1. The van der Waals surface area contributed by atoms with Crippen LogP contribution in [-0.2, 0) is 6.18 Å². The Bertz CT molecular complexity index is 997. The lowest BCUT2D eigenvalue weighted by molar-refractivity contribution is -0.138. The Balaban J connectivity index is 1.95. The zero-order chi connectivity index (χ0) is 20.7. The molecule has 0 amide bonds. The number of rotatable bonds is 5. The van der Waals surface area contributed by atoms with Crippen molar-refractivity contribution < 1.29 is 22.6 Å². The second-order valence-corrected chi connectivity index (χ2v) is 6.08. The fourth-order valence-electron chi connectivity index (χ4n) is 2.41. The summed E-state index contributed by atoms with van der Waals surface area (Å²) in [5, 5.41) is 0. The van der Waals surface area contributed by atoms with Gasteiger partial charge in [0.25, 0.3) is 0 Å². The average Bonchev–Trinajstić information content (AvgIpc) is 2.73. The van der Waals surface area contributed by atoms with Crippen molar-refractivity contribution in [1.29, 1.82) is 0 Å². The maximum absolute atomic E-state index is 13.3. The Kier molecular flexibility index (Phi) is 6.34. The molecule has 0 spiro atoms. The molecular weight excluding hydrogens is 379 g/mol. The maximum atomic E-state index is 13.3. The van der Waals surface area contributed by atoms with Gasteiger partial charge in [-0.1, -0.05) is 48.5 Å². The molecule has 3 rings (SSSR count). The van der Waals surface area contributed by atoms with Gasteiger partial charge in [0.2, 0.25) is 5.90 Å². The van der Waals surface area contributed by atoms with Crippen LogP contribution in [0.4, 0.5) is 18.9 Å². The molecule has 0 heterocycles. The van der Waals surface area contributed by atoms with E-state index in [-0.39, 0.29) is 11.6 Å². The Labute approximate surface area is 166 Å². The highest BCUT2D eigenvalue weighted by molar-refractivity contribution is 5.96. The Morgan fingerprint density at radius 2 is 1.41 bits per heavy atom. The number of alkyl halides is 3. The zero-order valence-corrected chi connectivity index (χ0v) is 15.6. The van der Waals surface area contributed by atoms with E-state index in [4.69, 9.17) is 9.47 Å².